The van der Waals surface area contributed by atoms with E-state index in [1.54, 1.807) is 0 Å². The molecule has 19 heavy (non-hydrogen) atoms. The van der Waals surface area contributed by atoms with Crippen molar-refractivity contribution in [1.29, 1.82) is 0 Å². The van der Waals surface area contributed by atoms with Gasteiger partial charge in [0.1, 0.15) is 0 Å². The molecule has 0 atom stereocenters. The summed E-state index contributed by atoms with van der Waals surface area (Å²) < 4.78 is 0. The number of aryl methyl sites for hydroxylation is 1. The van der Waals surface area contributed by atoms with Gasteiger partial charge in [0.05, 0.1) is 0 Å². The van der Waals surface area contributed by atoms with Crippen LogP contribution >= 0.6 is 11.6 Å². The van der Waals surface area contributed by atoms with Crippen molar-refractivity contribution in [3.05, 3.63) is 58.6 Å². The molecular formula is C17H20ClN. The highest BCUT2D eigenvalue weighted by Gasteiger charge is 2.03. The molecule has 2 N–H and O–H groups in total. The fourth-order valence-corrected chi connectivity index (χ4v) is 2.35. The zero-order valence-corrected chi connectivity index (χ0v) is 12.1. The highest BCUT2D eigenvalue weighted by atomic mass is 35.5. The molecule has 2 rings (SSSR count). The van der Waals surface area contributed by atoms with E-state index < -0.39 is 0 Å². The SMILES string of the molecule is CCCCc1ccc(-c2ccc(Cl)c(CN)c2)cc1. The first kappa shape index (κ1) is 14.1. The molecule has 0 saturated carbocycles. The molecular weight excluding hydrogens is 254 g/mol. The van der Waals surface area contributed by atoms with Gasteiger partial charge < -0.3 is 5.73 Å². The van der Waals surface area contributed by atoms with Crippen LogP contribution in [-0.4, -0.2) is 0 Å². The van der Waals surface area contributed by atoms with Crippen LogP contribution in [0.2, 0.25) is 5.02 Å². The monoisotopic (exact) mass is 273 g/mol. The first-order valence-corrected chi connectivity index (χ1v) is 7.20. The topological polar surface area (TPSA) is 26.0 Å². The minimum Gasteiger partial charge on any atom is -0.326 e. The van der Waals surface area contributed by atoms with Gasteiger partial charge >= 0.3 is 0 Å². The van der Waals surface area contributed by atoms with Crippen LogP contribution in [0.5, 0.6) is 0 Å². The smallest absolute Gasteiger partial charge is 0.0451 e. The van der Waals surface area contributed by atoms with E-state index in [-0.39, 0.29) is 0 Å². The molecule has 0 aliphatic carbocycles. The van der Waals surface area contributed by atoms with Crippen molar-refractivity contribution in [2.24, 2.45) is 5.73 Å². The van der Waals surface area contributed by atoms with Crippen molar-refractivity contribution in [3.8, 4) is 11.1 Å². The number of halogens is 1. The Morgan fingerprint density at radius 3 is 2.32 bits per heavy atom. The Bertz CT molecular complexity index is 531. The van der Waals surface area contributed by atoms with Crippen LogP contribution in [0.3, 0.4) is 0 Å². The maximum Gasteiger partial charge on any atom is 0.0451 e. The van der Waals surface area contributed by atoms with Gasteiger partial charge in [-0.15, -0.1) is 0 Å². The first-order chi connectivity index (χ1) is 9.24. The number of benzene rings is 2. The highest BCUT2D eigenvalue weighted by Crippen LogP contribution is 2.25. The lowest BCUT2D eigenvalue weighted by Gasteiger charge is -2.07. The van der Waals surface area contributed by atoms with Gasteiger partial charge in [0, 0.05) is 11.6 Å². The van der Waals surface area contributed by atoms with E-state index >= 15 is 0 Å². The number of unbranched alkanes of at least 4 members (excludes halogenated alkanes) is 1. The molecule has 0 radical (unpaired) electrons. The fraction of sp³-hybridized carbons (Fsp3) is 0.294. The van der Waals surface area contributed by atoms with Gasteiger partial charge in [0.2, 0.25) is 0 Å². The predicted molar refractivity (Wildman–Crippen MR) is 83.4 cm³/mol. The molecule has 2 aromatic carbocycles. The second-order valence-corrected chi connectivity index (χ2v) is 5.22. The Morgan fingerprint density at radius 2 is 1.68 bits per heavy atom. The average Bonchev–Trinajstić information content (AvgIpc) is 2.46. The van der Waals surface area contributed by atoms with Crippen LogP contribution in [-0.2, 0) is 13.0 Å². The number of hydrogen-bond donors (Lipinski definition) is 1. The van der Waals surface area contributed by atoms with E-state index in [9.17, 15) is 0 Å². The standard InChI is InChI=1S/C17H20ClN/c1-2-3-4-13-5-7-14(8-6-13)15-9-10-17(18)16(11-15)12-19/h5-11H,2-4,12,19H2,1H3. The quantitative estimate of drug-likeness (QED) is 0.831. The summed E-state index contributed by atoms with van der Waals surface area (Å²) >= 11 is 6.09. The third-order valence-electron chi connectivity index (χ3n) is 3.37. The third-order valence-corrected chi connectivity index (χ3v) is 3.74. The second-order valence-electron chi connectivity index (χ2n) is 4.81. The summed E-state index contributed by atoms with van der Waals surface area (Å²) in [7, 11) is 0. The summed E-state index contributed by atoms with van der Waals surface area (Å²) in [6.07, 6.45) is 3.64. The van der Waals surface area contributed by atoms with Crippen molar-refractivity contribution < 1.29 is 0 Å². The molecule has 0 aliphatic heterocycles. The van der Waals surface area contributed by atoms with E-state index in [1.165, 1.54) is 29.5 Å². The van der Waals surface area contributed by atoms with Gasteiger partial charge in [0.25, 0.3) is 0 Å². The van der Waals surface area contributed by atoms with E-state index in [0.29, 0.717) is 6.54 Å². The summed E-state index contributed by atoms with van der Waals surface area (Å²) in [5.41, 5.74) is 10.5. The lowest BCUT2D eigenvalue weighted by molar-refractivity contribution is 0.795. The van der Waals surface area contributed by atoms with Crippen LogP contribution in [0.15, 0.2) is 42.5 Å². The summed E-state index contributed by atoms with van der Waals surface area (Å²) in [4.78, 5) is 0. The van der Waals surface area contributed by atoms with Crippen molar-refractivity contribution >= 4 is 11.6 Å². The fourth-order valence-electron chi connectivity index (χ4n) is 2.16. The molecule has 0 spiro atoms. The van der Waals surface area contributed by atoms with Crippen LogP contribution < -0.4 is 5.73 Å². The molecule has 0 fully saturated rings. The van der Waals surface area contributed by atoms with Crippen molar-refractivity contribution in [2.45, 2.75) is 32.7 Å². The van der Waals surface area contributed by atoms with E-state index in [1.807, 2.05) is 12.1 Å². The Balaban J connectivity index is 2.22. The van der Waals surface area contributed by atoms with Gasteiger partial charge in [-0.1, -0.05) is 55.3 Å². The van der Waals surface area contributed by atoms with E-state index in [4.69, 9.17) is 17.3 Å². The van der Waals surface area contributed by atoms with Crippen molar-refractivity contribution in [3.63, 3.8) is 0 Å². The Kier molecular flexibility index (Phi) is 5.00. The van der Waals surface area contributed by atoms with Gasteiger partial charge in [-0.3, -0.25) is 0 Å². The number of hydrogen-bond acceptors (Lipinski definition) is 1. The molecule has 0 unspecified atom stereocenters. The lowest BCUT2D eigenvalue weighted by atomic mass is 10.00. The van der Waals surface area contributed by atoms with Crippen molar-refractivity contribution in [1.82, 2.24) is 0 Å². The Labute approximate surface area is 120 Å². The number of rotatable bonds is 5. The largest absolute Gasteiger partial charge is 0.326 e. The zero-order chi connectivity index (χ0) is 13.7. The minimum absolute atomic E-state index is 0.473. The normalized spacial score (nSPS) is 10.7. The third kappa shape index (κ3) is 3.59. The van der Waals surface area contributed by atoms with Crippen LogP contribution in [0.4, 0.5) is 0 Å². The molecule has 1 nitrogen and oxygen atoms in total. The molecule has 0 heterocycles. The molecule has 2 heteroatoms. The van der Waals surface area contributed by atoms with Gasteiger partial charge in [-0.2, -0.15) is 0 Å². The van der Waals surface area contributed by atoms with E-state index in [2.05, 4.69) is 37.3 Å². The average molecular weight is 274 g/mol. The number of nitrogens with two attached hydrogens (primary N) is 1. The maximum absolute atomic E-state index is 6.09. The van der Waals surface area contributed by atoms with Crippen LogP contribution in [0.1, 0.15) is 30.9 Å². The van der Waals surface area contributed by atoms with Gasteiger partial charge in [-0.05, 0) is 47.2 Å². The first-order valence-electron chi connectivity index (χ1n) is 6.82. The molecule has 2 aromatic rings. The second kappa shape index (κ2) is 6.74. The molecule has 0 saturated heterocycles. The molecule has 0 amide bonds. The molecule has 0 aromatic heterocycles. The minimum atomic E-state index is 0.473. The van der Waals surface area contributed by atoms with Crippen LogP contribution in [0, 0.1) is 0 Å². The van der Waals surface area contributed by atoms with Gasteiger partial charge in [0.15, 0.2) is 0 Å². The van der Waals surface area contributed by atoms with Crippen LogP contribution in [0.25, 0.3) is 11.1 Å². The molecule has 0 aliphatic rings. The van der Waals surface area contributed by atoms with E-state index in [0.717, 1.165) is 17.0 Å². The van der Waals surface area contributed by atoms with Gasteiger partial charge in [-0.25, -0.2) is 0 Å². The Morgan fingerprint density at radius 1 is 1.00 bits per heavy atom. The lowest BCUT2D eigenvalue weighted by Crippen LogP contribution is -1.97. The summed E-state index contributed by atoms with van der Waals surface area (Å²) in [6, 6.07) is 14.8. The molecule has 100 valence electrons. The van der Waals surface area contributed by atoms with Crippen molar-refractivity contribution in [2.75, 3.05) is 0 Å². The highest BCUT2D eigenvalue weighted by molar-refractivity contribution is 6.31. The maximum atomic E-state index is 6.09. The Hall–Kier alpha value is -1.31. The predicted octanol–water partition coefficient (Wildman–Crippen LogP) is 4.81. The summed E-state index contributed by atoms with van der Waals surface area (Å²) in [5.74, 6) is 0. The molecule has 0 bridgehead atoms. The summed E-state index contributed by atoms with van der Waals surface area (Å²) in [5, 5.41) is 0.741. The zero-order valence-electron chi connectivity index (χ0n) is 11.3. The summed E-state index contributed by atoms with van der Waals surface area (Å²) in [6.45, 7) is 2.69.